The molecule has 0 aromatic heterocycles. The van der Waals surface area contributed by atoms with E-state index in [9.17, 15) is 4.79 Å². The fraction of sp³-hybridized carbons (Fsp3) is 0.588. The van der Waals surface area contributed by atoms with Crippen molar-refractivity contribution in [2.75, 3.05) is 12.4 Å². The molecule has 0 heterocycles. The van der Waals surface area contributed by atoms with Crippen LogP contribution < -0.4 is 11.1 Å². The lowest BCUT2D eigenvalue weighted by molar-refractivity contribution is 0.175. The van der Waals surface area contributed by atoms with Crippen LogP contribution >= 0.6 is 0 Å². The second kappa shape index (κ2) is 6.94. The van der Waals surface area contributed by atoms with Crippen LogP contribution in [0.4, 0.5) is 10.5 Å². The topological polar surface area (TPSA) is 58.4 Å². The number of carbonyl (C=O) groups is 1. The zero-order valence-electron chi connectivity index (χ0n) is 13.3. The molecule has 4 nitrogen and oxygen atoms in total. The SMILES string of the molecule is CC1CCC(N(C)C(=O)Nc2ccc(C(C)N)cc2)CC1. The van der Waals surface area contributed by atoms with Crippen LogP contribution in [-0.2, 0) is 0 Å². The molecule has 2 amide bonds. The Kier molecular flexibility index (Phi) is 5.23. The van der Waals surface area contributed by atoms with Crippen molar-refractivity contribution < 1.29 is 4.79 Å². The van der Waals surface area contributed by atoms with E-state index in [2.05, 4.69) is 12.2 Å². The fourth-order valence-corrected chi connectivity index (χ4v) is 2.88. The highest BCUT2D eigenvalue weighted by Crippen LogP contribution is 2.26. The summed E-state index contributed by atoms with van der Waals surface area (Å²) in [5, 5.41) is 2.96. The number of carbonyl (C=O) groups excluding carboxylic acids is 1. The van der Waals surface area contributed by atoms with E-state index in [1.165, 1.54) is 12.8 Å². The van der Waals surface area contributed by atoms with Crippen molar-refractivity contribution in [2.24, 2.45) is 11.7 Å². The van der Waals surface area contributed by atoms with Gasteiger partial charge in [0.2, 0.25) is 0 Å². The van der Waals surface area contributed by atoms with Crippen molar-refractivity contribution in [3.63, 3.8) is 0 Å². The Morgan fingerprint density at radius 1 is 1.24 bits per heavy atom. The molecule has 1 unspecified atom stereocenters. The van der Waals surface area contributed by atoms with Crippen molar-refractivity contribution in [3.05, 3.63) is 29.8 Å². The standard InChI is InChI=1S/C17H27N3O/c1-12-4-10-16(11-5-12)20(3)17(21)19-15-8-6-14(7-9-15)13(2)18/h6-9,12-13,16H,4-5,10-11,18H2,1-3H3,(H,19,21). The quantitative estimate of drug-likeness (QED) is 0.890. The predicted molar refractivity (Wildman–Crippen MR) is 87.2 cm³/mol. The number of benzene rings is 1. The van der Waals surface area contributed by atoms with Crippen molar-refractivity contribution in [1.29, 1.82) is 0 Å². The third-order valence-electron chi connectivity index (χ3n) is 4.54. The molecule has 1 aromatic rings. The second-order valence-electron chi connectivity index (χ2n) is 6.37. The van der Waals surface area contributed by atoms with Crippen LogP contribution in [0.3, 0.4) is 0 Å². The highest BCUT2D eigenvalue weighted by molar-refractivity contribution is 5.89. The number of urea groups is 1. The summed E-state index contributed by atoms with van der Waals surface area (Å²) in [6, 6.07) is 8.10. The molecule has 21 heavy (non-hydrogen) atoms. The predicted octanol–water partition coefficient (Wildman–Crippen LogP) is 3.75. The van der Waals surface area contributed by atoms with E-state index in [1.807, 2.05) is 43.1 Å². The number of nitrogens with one attached hydrogen (secondary N) is 1. The minimum Gasteiger partial charge on any atom is -0.325 e. The smallest absolute Gasteiger partial charge is 0.321 e. The molecule has 1 saturated carbocycles. The Morgan fingerprint density at radius 3 is 2.33 bits per heavy atom. The maximum Gasteiger partial charge on any atom is 0.321 e. The number of amides is 2. The van der Waals surface area contributed by atoms with Crippen molar-refractivity contribution >= 4 is 11.7 Å². The van der Waals surface area contributed by atoms with Crippen LogP contribution in [-0.4, -0.2) is 24.0 Å². The minimum absolute atomic E-state index is 0.0154. The number of nitrogens with zero attached hydrogens (tertiary/aromatic N) is 1. The summed E-state index contributed by atoms with van der Waals surface area (Å²) in [4.78, 5) is 14.2. The van der Waals surface area contributed by atoms with Gasteiger partial charge in [0.25, 0.3) is 0 Å². The summed E-state index contributed by atoms with van der Waals surface area (Å²) in [5.41, 5.74) is 7.72. The van der Waals surface area contributed by atoms with E-state index < -0.39 is 0 Å². The van der Waals surface area contributed by atoms with Crippen LogP contribution in [0.1, 0.15) is 51.1 Å². The molecular formula is C17H27N3O. The average Bonchev–Trinajstić information content (AvgIpc) is 2.47. The highest BCUT2D eigenvalue weighted by Gasteiger charge is 2.24. The Labute approximate surface area is 127 Å². The van der Waals surface area contributed by atoms with Crippen molar-refractivity contribution in [1.82, 2.24) is 4.90 Å². The normalized spacial score (nSPS) is 23.4. The summed E-state index contributed by atoms with van der Waals surface area (Å²) >= 11 is 0. The van der Waals surface area contributed by atoms with E-state index in [1.54, 1.807) is 0 Å². The summed E-state index contributed by atoms with van der Waals surface area (Å²) in [7, 11) is 1.90. The van der Waals surface area contributed by atoms with Crippen LogP contribution in [0.2, 0.25) is 0 Å². The van der Waals surface area contributed by atoms with Crippen LogP contribution in [0.5, 0.6) is 0 Å². The van der Waals surface area contributed by atoms with Crippen molar-refractivity contribution in [2.45, 2.75) is 51.6 Å². The molecule has 2 rings (SSSR count). The Balaban J connectivity index is 1.91. The van der Waals surface area contributed by atoms with Gasteiger partial charge in [-0.3, -0.25) is 0 Å². The summed E-state index contributed by atoms with van der Waals surface area (Å²) in [5.74, 6) is 0.795. The third-order valence-corrected chi connectivity index (χ3v) is 4.54. The molecule has 1 atom stereocenters. The zero-order valence-corrected chi connectivity index (χ0v) is 13.3. The Hall–Kier alpha value is -1.55. The first-order valence-corrected chi connectivity index (χ1v) is 7.86. The molecule has 116 valence electrons. The molecule has 3 N–H and O–H groups in total. The van der Waals surface area contributed by atoms with Gasteiger partial charge in [-0.15, -0.1) is 0 Å². The molecule has 1 aromatic carbocycles. The fourth-order valence-electron chi connectivity index (χ4n) is 2.88. The molecule has 4 heteroatoms. The lowest BCUT2D eigenvalue weighted by Gasteiger charge is -2.33. The molecule has 0 spiro atoms. The largest absolute Gasteiger partial charge is 0.325 e. The Bertz CT molecular complexity index is 461. The van der Waals surface area contributed by atoms with E-state index >= 15 is 0 Å². The highest BCUT2D eigenvalue weighted by atomic mass is 16.2. The van der Waals surface area contributed by atoms with Gasteiger partial charge < -0.3 is 16.0 Å². The molecule has 0 bridgehead atoms. The van der Waals surface area contributed by atoms with Gasteiger partial charge in [0.05, 0.1) is 0 Å². The summed E-state index contributed by atoms with van der Waals surface area (Å²) < 4.78 is 0. The maximum atomic E-state index is 12.3. The third kappa shape index (κ3) is 4.21. The van der Waals surface area contributed by atoms with Crippen molar-refractivity contribution in [3.8, 4) is 0 Å². The maximum absolute atomic E-state index is 12.3. The molecule has 0 aliphatic heterocycles. The number of hydrogen-bond donors (Lipinski definition) is 2. The first-order chi connectivity index (χ1) is 9.97. The molecule has 0 saturated heterocycles. The Morgan fingerprint density at radius 2 is 1.81 bits per heavy atom. The minimum atomic E-state index is -0.0249. The van der Waals surface area contributed by atoms with E-state index in [-0.39, 0.29) is 12.1 Å². The van der Waals surface area contributed by atoms with Gasteiger partial charge in [-0.25, -0.2) is 4.79 Å². The van der Waals surface area contributed by atoms with Gasteiger partial charge >= 0.3 is 6.03 Å². The summed E-state index contributed by atoms with van der Waals surface area (Å²) in [6.45, 7) is 4.24. The molecule has 1 fully saturated rings. The van der Waals surface area contributed by atoms with Crippen LogP contribution in [0.25, 0.3) is 0 Å². The van der Waals surface area contributed by atoms with Gasteiger partial charge in [0.15, 0.2) is 0 Å². The second-order valence-corrected chi connectivity index (χ2v) is 6.37. The van der Waals surface area contributed by atoms with E-state index in [0.29, 0.717) is 6.04 Å². The number of rotatable bonds is 3. The zero-order chi connectivity index (χ0) is 15.4. The lowest BCUT2D eigenvalue weighted by atomic mass is 9.87. The molecule has 1 aliphatic rings. The van der Waals surface area contributed by atoms with Gasteiger partial charge in [0, 0.05) is 24.8 Å². The van der Waals surface area contributed by atoms with Gasteiger partial charge in [-0.2, -0.15) is 0 Å². The van der Waals surface area contributed by atoms with Gasteiger partial charge in [-0.1, -0.05) is 19.1 Å². The lowest BCUT2D eigenvalue weighted by Crippen LogP contribution is -2.41. The average molecular weight is 289 g/mol. The van der Waals surface area contributed by atoms with Crippen LogP contribution in [0.15, 0.2) is 24.3 Å². The van der Waals surface area contributed by atoms with E-state index in [4.69, 9.17) is 5.73 Å². The molecule has 0 radical (unpaired) electrons. The van der Waals surface area contributed by atoms with Crippen LogP contribution in [0, 0.1) is 5.92 Å². The number of nitrogens with two attached hydrogens (primary N) is 1. The van der Waals surface area contributed by atoms with Gasteiger partial charge in [0.1, 0.15) is 0 Å². The first kappa shape index (κ1) is 15.8. The van der Waals surface area contributed by atoms with E-state index in [0.717, 1.165) is 30.0 Å². The number of anilines is 1. The monoisotopic (exact) mass is 289 g/mol. The molecule has 1 aliphatic carbocycles. The molecular weight excluding hydrogens is 262 g/mol. The number of hydrogen-bond acceptors (Lipinski definition) is 2. The van der Waals surface area contributed by atoms with Gasteiger partial charge in [-0.05, 0) is 56.2 Å². The first-order valence-electron chi connectivity index (χ1n) is 7.86. The summed E-state index contributed by atoms with van der Waals surface area (Å²) in [6.07, 6.45) is 4.64.